The van der Waals surface area contributed by atoms with Crippen LogP contribution in [0.2, 0.25) is 0 Å². The lowest BCUT2D eigenvalue weighted by Crippen LogP contribution is -2.26. The predicted octanol–water partition coefficient (Wildman–Crippen LogP) is 4.47. The number of phenolic OH excluding ortho intramolecular Hbond substituents is 1. The van der Waals surface area contributed by atoms with Crippen LogP contribution >= 0.6 is 0 Å². The quantitative estimate of drug-likeness (QED) is 0.749. The molecule has 0 saturated heterocycles. The van der Waals surface area contributed by atoms with Gasteiger partial charge in [0.05, 0.1) is 5.69 Å². The molecule has 0 radical (unpaired) electrons. The van der Waals surface area contributed by atoms with Gasteiger partial charge in [0.2, 0.25) is 0 Å². The number of hydrogen-bond acceptors (Lipinski definition) is 4. The van der Waals surface area contributed by atoms with Crippen LogP contribution in [0, 0.1) is 13.8 Å². The molecule has 138 valence electrons. The van der Waals surface area contributed by atoms with Gasteiger partial charge in [-0.25, -0.2) is 0 Å². The topological polar surface area (TPSA) is 45.6 Å². The second kappa shape index (κ2) is 7.41. The molecule has 27 heavy (non-hydrogen) atoms. The summed E-state index contributed by atoms with van der Waals surface area (Å²) in [6, 6.07) is 16.2. The van der Waals surface area contributed by atoms with Crippen LogP contribution in [0.1, 0.15) is 22.4 Å². The van der Waals surface area contributed by atoms with Gasteiger partial charge in [-0.1, -0.05) is 30.3 Å². The fourth-order valence-electron chi connectivity index (χ4n) is 3.64. The van der Waals surface area contributed by atoms with E-state index in [-0.39, 0.29) is 5.75 Å². The number of phenols is 1. The van der Waals surface area contributed by atoms with E-state index in [0.29, 0.717) is 12.4 Å². The first-order valence-electron chi connectivity index (χ1n) is 9.29. The summed E-state index contributed by atoms with van der Waals surface area (Å²) in [5, 5.41) is 10.6. The zero-order chi connectivity index (χ0) is 18.8. The number of nitrogens with zero attached hydrogens (tertiary/aromatic N) is 2. The molecule has 2 heterocycles. The van der Waals surface area contributed by atoms with Crippen molar-refractivity contribution in [1.82, 2.24) is 9.88 Å². The molecule has 0 atom stereocenters. The summed E-state index contributed by atoms with van der Waals surface area (Å²) in [7, 11) is 0. The third-order valence-corrected chi connectivity index (χ3v) is 5.14. The number of hydrogen-bond donors (Lipinski definition) is 1. The van der Waals surface area contributed by atoms with Crippen LogP contribution in [0.15, 0.2) is 54.7 Å². The van der Waals surface area contributed by atoms with Gasteiger partial charge in [0.15, 0.2) is 11.5 Å². The first-order chi connectivity index (χ1) is 13.1. The van der Waals surface area contributed by atoms with Gasteiger partial charge in [0.25, 0.3) is 0 Å². The standard InChI is InChI=1S/C23H24N2O2/c1-16-6-3-4-8-20(16)18-12-19-14-25(10-11-27-23(19)22(26)13-18)15-21-17(2)7-5-9-24-21/h3-9,12-13,26H,10-11,14-15H2,1-2H3. The van der Waals surface area contributed by atoms with E-state index in [4.69, 9.17) is 4.74 Å². The van der Waals surface area contributed by atoms with E-state index in [9.17, 15) is 5.11 Å². The molecule has 4 nitrogen and oxygen atoms in total. The first kappa shape index (κ1) is 17.6. The normalized spacial score (nSPS) is 14.3. The molecule has 0 spiro atoms. The van der Waals surface area contributed by atoms with Crippen molar-refractivity contribution in [3.8, 4) is 22.6 Å². The summed E-state index contributed by atoms with van der Waals surface area (Å²) in [5.41, 5.74) is 6.63. The molecule has 0 amide bonds. The summed E-state index contributed by atoms with van der Waals surface area (Å²) in [6.45, 7) is 7.01. The van der Waals surface area contributed by atoms with E-state index in [1.807, 2.05) is 24.4 Å². The maximum atomic E-state index is 10.6. The van der Waals surface area contributed by atoms with E-state index < -0.39 is 0 Å². The van der Waals surface area contributed by atoms with Crippen molar-refractivity contribution in [2.75, 3.05) is 13.2 Å². The van der Waals surface area contributed by atoms with Gasteiger partial charge in [0.1, 0.15) is 6.61 Å². The summed E-state index contributed by atoms with van der Waals surface area (Å²) in [4.78, 5) is 6.84. The summed E-state index contributed by atoms with van der Waals surface area (Å²) in [5.74, 6) is 0.814. The summed E-state index contributed by atoms with van der Waals surface area (Å²) < 4.78 is 5.89. The van der Waals surface area contributed by atoms with E-state index in [1.165, 1.54) is 11.1 Å². The minimum atomic E-state index is 0.210. The molecule has 0 fully saturated rings. The number of benzene rings is 2. The van der Waals surface area contributed by atoms with Crippen molar-refractivity contribution < 1.29 is 9.84 Å². The molecular weight excluding hydrogens is 336 g/mol. The molecule has 3 aromatic rings. The Morgan fingerprint density at radius 3 is 2.70 bits per heavy atom. The highest BCUT2D eigenvalue weighted by atomic mass is 16.5. The Bertz CT molecular complexity index is 968. The SMILES string of the molecule is Cc1ccccc1-c1cc(O)c2c(c1)CN(Cc1ncccc1C)CCO2. The van der Waals surface area contributed by atoms with E-state index >= 15 is 0 Å². The number of fused-ring (bicyclic) bond motifs is 1. The third-order valence-electron chi connectivity index (χ3n) is 5.14. The lowest BCUT2D eigenvalue weighted by molar-refractivity contribution is 0.215. The highest BCUT2D eigenvalue weighted by Gasteiger charge is 2.21. The Kier molecular flexibility index (Phi) is 4.82. The molecule has 1 N–H and O–H groups in total. The molecule has 4 rings (SSSR count). The molecule has 0 saturated carbocycles. The van der Waals surface area contributed by atoms with Crippen molar-refractivity contribution in [3.05, 3.63) is 77.1 Å². The van der Waals surface area contributed by atoms with Crippen molar-refractivity contribution in [1.29, 1.82) is 0 Å². The molecule has 4 heteroatoms. The van der Waals surface area contributed by atoms with Gasteiger partial charge >= 0.3 is 0 Å². The van der Waals surface area contributed by atoms with Crippen LogP contribution in [0.25, 0.3) is 11.1 Å². The second-order valence-electron chi connectivity index (χ2n) is 7.12. The van der Waals surface area contributed by atoms with Gasteiger partial charge in [-0.3, -0.25) is 9.88 Å². The summed E-state index contributed by atoms with van der Waals surface area (Å²) in [6.07, 6.45) is 1.84. The van der Waals surface area contributed by atoms with Crippen LogP contribution in [0.5, 0.6) is 11.5 Å². The summed E-state index contributed by atoms with van der Waals surface area (Å²) >= 11 is 0. The monoisotopic (exact) mass is 360 g/mol. The second-order valence-corrected chi connectivity index (χ2v) is 7.12. The highest BCUT2D eigenvalue weighted by Crippen LogP contribution is 2.38. The molecule has 0 unspecified atom stereocenters. The van der Waals surface area contributed by atoms with E-state index in [0.717, 1.165) is 42.0 Å². The van der Waals surface area contributed by atoms with Gasteiger partial charge in [0, 0.05) is 31.4 Å². The van der Waals surface area contributed by atoms with E-state index in [2.05, 4.69) is 48.0 Å². The molecule has 1 aromatic heterocycles. The van der Waals surface area contributed by atoms with Crippen LogP contribution in [-0.4, -0.2) is 28.1 Å². The van der Waals surface area contributed by atoms with E-state index in [1.54, 1.807) is 6.07 Å². The average Bonchev–Trinajstić information content (AvgIpc) is 2.86. The van der Waals surface area contributed by atoms with Gasteiger partial charge < -0.3 is 9.84 Å². The number of aryl methyl sites for hydroxylation is 2. The van der Waals surface area contributed by atoms with Crippen LogP contribution in [0.4, 0.5) is 0 Å². The maximum Gasteiger partial charge on any atom is 0.165 e. The Balaban J connectivity index is 1.67. The highest BCUT2D eigenvalue weighted by molar-refractivity contribution is 5.71. The molecule has 2 aromatic carbocycles. The lowest BCUT2D eigenvalue weighted by Gasteiger charge is -2.20. The number of rotatable bonds is 3. The maximum absolute atomic E-state index is 10.6. The molecule has 0 aliphatic carbocycles. The molecule has 0 bridgehead atoms. The zero-order valence-corrected chi connectivity index (χ0v) is 15.8. The van der Waals surface area contributed by atoms with Crippen LogP contribution < -0.4 is 4.74 Å². The number of aromatic hydroxyl groups is 1. The first-order valence-corrected chi connectivity index (χ1v) is 9.29. The van der Waals surface area contributed by atoms with Gasteiger partial charge in [-0.2, -0.15) is 0 Å². The van der Waals surface area contributed by atoms with Crippen LogP contribution in [0.3, 0.4) is 0 Å². The number of ether oxygens (including phenoxy) is 1. The average molecular weight is 360 g/mol. The minimum absolute atomic E-state index is 0.210. The van der Waals surface area contributed by atoms with Crippen molar-refractivity contribution >= 4 is 0 Å². The molecule has 1 aliphatic rings. The van der Waals surface area contributed by atoms with Gasteiger partial charge in [-0.05, 0) is 54.3 Å². The van der Waals surface area contributed by atoms with Crippen molar-refractivity contribution in [2.45, 2.75) is 26.9 Å². The van der Waals surface area contributed by atoms with Crippen molar-refractivity contribution in [3.63, 3.8) is 0 Å². The Labute approximate surface area is 160 Å². The Hall–Kier alpha value is -2.85. The van der Waals surface area contributed by atoms with Crippen molar-refractivity contribution in [2.24, 2.45) is 0 Å². The van der Waals surface area contributed by atoms with Gasteiger partial charge in [-0.15, -0.1) is 0 Å². The Morgan fingerprint density at radius 1 is 1.07 bits per heavy atom. The minimum Gasteiger partial charge on any atom is -0.504 e. The third kappa shape index (κ3) is 3.67. The number of pyridine rings is 1. The smallest absolute Gasteiger partial charge is 0.165 e. The number of aromatic nitrogens is 1. The lowest BCUT2D eigenvalue weighted by atomic mass is 9.98. The predicted molar refractivity (Wildman–Crippen MR) is 107 cm³/mol. The Morgan fingerprint density at radius 2 is 1.89 bits per heavy atom. The van der Waals surface area contributed by atoms with Crippen LogP contribution in [-0.2, 0) is 13.1 Å². The molecule has 1 aliphatic heterocycles. The fraction of sp³-hybridized carbons (Fsp3) is 0.261. The fourth-order valence-corrected chi connectivity index (χ4v) is 3.64. The largest absolute Gasteiger partial charge is 0.504 e. The molecular formula is C23H24N2O2. The zero-order valence-electron chi connectivity index (χ0n) is 15.8.